The van der Waals surface area contributed by atoms with Crippen LogP contribution in [0.15, 0.2) is 47.4 Å². The smallest absolute Gasteiger partial charge is 0.263 e. The Kier molecular flexibility index (Phi) is 6.56. The van der Waals surface area contributed by atoms with E-state index in [1.54, 1.807) is 48.5 Å². The largest absolute Gasteiger partial charge is 0.493 e. The fourth-order valence-electron chi connectivity index (χ4n) is 2.36. The number of hydrogen-bond donors (Lipinski definition) is 2. The maximum Gasteiger partial charge on any atom is 0.263 e. The number of ether oxygens (including phenoxy) is 2. The van der Waals surface area contributed by atoms with E-state index in [4.69, 9.17) is 33.3 Å². The van der Waals surface area contributed by atoms with Crippen LogP contribution in [0.1, 0.15) is 5.56 Å². The predicted molar refractivity (Wildman–Crippen MR) is 115 cm³/mol. The first kappa shape index (κ1) is 20.2. The number of hydrogen-bond acceptors (Lipinski definition) is 6. The highest BCUT2D eigenvalue weighted by atomic mass is 35.5. The minimum absolute atomic E-state index is 0.214. The standard InChI is InChI=1S/C19H15ClN2O4S2/c1-25-15-8-11(9-16-18(24)22-19(27)28-16)6-7-14(15)26-10-17(23)21-13-5-3-2-4-12(13)20/h2-9H,10H2,1H3,(H,21,23)(H,22,24,27)/b16-9+. The van der Waals surface area contributed by atoms with Crippen LogP contribution >= 0.6 is 35.6 Å². The second-order valence-corrected chi connectivity index (χ2v) is 7.71. The van der Waals surface area contributed by atoms with Crippen LogP contribution in [0.4, 0.5) is 5.69 Å². The molecule has 2 aromatic carbocycles. The number of nitrogens with one attached hydrogen (secondary N) is 2. The molecule has 0 bridgehead atoms. The summed E-state index contributed by atoms with van der Waals surface area (Å²) in [6.45, 7) is -0.214. The molecule has 1 heterocycles. The third-order valence-electron chi connectivity index (χ3n) is 3.63. The summed E-state index contributed by atoms with van der Waals surface area (Å²) in [5.74, 6) is 0.253. The van der Waals surface area contributed by atoms with Crippen LogP contribution in [0.3, 0.4) is 0 Å². The molecule has 0 atom stereocenters. The lowest BCUT2D eigenvalue weighted by Crippen LogP contribution is -2.20. The van der Waals surface area contributed by atoms with E-state index >= 15 is 0 Å². The van der Waals surface area contributed by atoms with Crippen LogP contribution in [0.25, 0.3) is 6.08 Å². The molecule has 2 N–H and O–H groups in total. The molecule has 2 aromatic rings. The number of carbonyl (C=O) groups excluding carboxylic acids is 2. The monoisotopic (exact) mass is 434 g/mol. The van der Waals surface area contributed by atoms with Gasteiger partial charge in [0.05, 0.1) is 22.7 Å². The molecule has 6 nitrogen and oxygen atoms in total. The zero-order valence-electron chi connectivity index (χ0n) is 14.7. The highest BCUT2D eigenvalue weighted by Gasteiger charge is 2.22. The summed E-state index contributed by atoms with van der Waals surface area (Å²) in [4.78, 5) is 24.4. The Balaban J connectivity index is 1.67. The molecule has 3 rings (SSSR count). The fourth-order valence-corrected chi connectivity index (χ4v) is 3.58. The SMILES string of the molecule is COc1cc(/C=C2/SC(=S)NC2=O)ccc1OCC(=O)Nc1ccccc1Cl. The number of carbonyl (C=O) groups is 2. The lowest BCUT2D eigenvalue weighted by atomic mass is 10.2. The van der Waals surface area contributed by atoms with Crippen molar-refractivity contribution in [3.63, 3.8) is 0 Å². The van der Waals surface area contributed by atoms with E-state index in [0.717, 1.165) is 5.56 Å². The molecule has 1 aliphatic rings. The summed E-state index contributed by atoms with van der Waals surface area (Å²) < 4.78 is 11.3. The molecule has 28 heavy (non-hydrogen) atoms. The summed E-state index contributed by atoms with van der Waals surface area (Å²) in [7, 11) is 1.50. The van der Waals surface area contributed by atoms with Crippen LogP contribution in [0, 0.1) is 0 Å². The number of para-hydroxylation sites is 1. The average molecular weight is 435 g/mol. The van der Waals surface area contributed by atoms with Crippen molar-refractivity contribution >= 4 is 63.5 Å². The van der Waals surface area contributed by atoms with Gasteiger partial charge in [-0.15, -0.1) is 0 Å². The van der Waals surface area contributed by atoms with Gasteiger partial charge in [0.25, 0.3) is 11.8 Å². The predicted octanol–water partition coefficient (Wildman–Crippen LogP) is 3.85. The number of rotatable bonds is 6. The summed E-state index contributed by atoms with van der Waals surface area (Å²) >= 11 is 12.2. The van der Waals surface area contributed by atoms with E-state index in [2.05, 4.69) is 10.6 Å². The van der Waals surface area contributed by atoms with Crippen LogP contribution < -0.4 is 20.1 Å². The number of methoxy groups -OCH3 is 1. The van der Waals surface area contributed by atoms with E-state index in [-0.39, 0.29) is 18.4 Å². The Hall–Kier alpha value is -2.55. The summed E-state index contributed by atoms with van der Waals surface area (Å²) in [5, 5.41) is 5.69. The first-order valence-electron chi connectivity index (χ1n) is 8.06. The van der Waals surface area contributed by atoms with Crippen molar-refractivity contribution in [3.8, 4) is 11.5 Å². The molecule has 0 spiro atoms. The Morgan fingerprint density at radius 1 is 1.29 bits per heavy atom. The molecule has 0 aliphatic carbocycles. The minimum atomic E-state index is -0.353. The third-order valence-corrected chi connectivity index (χ3v) is 5.13. The molecule has 0 radical (unpaired) electrons. The van der Waals surface area contributed by atoms with E-state index in [0.29, 0.717) is 31.4 Å². The van der Waals surface area contributed by atoms with Crippen molar-refractivity contribution in [2.75, 3.05) is 19.0 Å². The highest BCUT2D eigenvalue weighted by Crippen LogP contribution is 2.31. The van der Waals surface area contributed by atoms with E-state index < -0.39 is 0 Å². The summed E-state index contributed by atoms with van der Waals surface area (Å²) in [6.07, 6.45) is 1.70. The minimum Gasteiger partial charge on any atom is -0.493 e. The van der Waals surface area contributed by atoms with Gasteiger partial charge in [-0.2, -0.15) is 0 Å². The van der Waals surface area contributed by atoms with Crippen molar-refractivity contribution < 1.29 is 19.1 Å². The molecular weight excluding hydrogens is 420 g/mol. The van der Waals surface area contributed by atoms with Gasteiger partial charge in [0.1, 0.15) is 4.32 Å². The topological polar surface area (TPSA) is 76.7 Å². The van der Waals surface area contributed by atoms with E-state index in [9.17, 15) is 9.59 Å². The lowest BCUT2D eigenvalue weighted by Gasteiger charge is -2.12. The third kappa shape index (κ3) is 5.03. The van der Waals surface area contributed by atoms with Gasteiger partial charge in [-0.05, 0) is 35.9 Å². The number of thiocarbonyl (C=S) groups is 1. The number of amides is 2. The van der Waals surface area contributed by atoms with Gasteiger partial charge in [0, 0.05) is 0 Å². The first-order valence-corrected chi connectivity index (χ1v) is 9.66. The van der Waals surface area contributed by atoms with Crippen molar-refractivity contribution in [2.24, 2.45) is 0 Å². The number of halogens is 1. The molecule has 9 heteroatoms. The number of benzene rings is 2. The van der Waals surface area contributed by atoms with Crippen molar-refractivity contribution in [2.45, 2.75) is 0 Å². The molecule has 1 fully saturated rings. The van der Waals surface area contributed by atoms with Crippen molar-refractivity contribution in [1.82, 2.24) is 5.32 Å². The zero-order chi connectivity index (χ0) is 20.1. The van der Waals surface area contributed by atoms with Crippen LogP contribution in [0.5, 0.6) is 11.5 Å². The Morgan fingerprint density at radius 2 is 2.07 bits per heavy atom. The Labute approximate surface area is 176 Å². The molecule has 0 aromatic heterocycles. The maximum absolute atomic E-state index is 12.1. The second kappa shape index (κ2) is 9.09. The van der Waals surface area contributed by atoms with Gasteiger partial charge in [-0.1, -0.05) is 53.8 Å². The molecule has 2 amide bonds. The van der Waals surface area contributed by atoms with Gasteiger partial charge < -0.3 is 20.1 Å². The normalized spacial score (nSPS) is 14.7. The molecule has 1 aliphatic heterocycles. The molecule has 0 saturated carbocycles. The Morgan fingerprint density at radius 3 is 2.75 bits per heavy atom. The number of thioether (sulfide) groups is 1. The quantitative estimate of drug-likeness (QED) is 0.531. The number of anilines is 1. The molecule has 0 unspecified atom stereocenters. The molecular formula is C19H15ClN2O4S2. The Bertz CT molecular complexity index is 978. The van der Waals surface area contributed by atoms with Gasteiger partial charge in [-0.25, -0.2) is 0 Å². The van der Waals surface area contributed by atoms with Gasteiger partial charge >= 0.3 is 0 Å². The fraction of sp³-hybridized carbons (Fsp3) is 0.105. The van der Waals surface area contributed by atoms with Crippen molar-refractivity contribution in [3.05, 3.63) is 58.0 Å². The zero-order valence-corrected chi connectivity index (χ0v) is 17.0. The van der Waals surface area contributed by atoms with Crippen LogP contribution in [-0.2, 0) is 9.59 Å². The average Bonchev–Trinajstić information content (AvgIpc) is 2.99. The second-order valence-electron chi connectivity index (χ2n) is 5.58. The highest BCUT2D eigenvalue weighted by molar-refractivity contribution is 8.26. The summed E-state index contributed by atoms with van der Waals surface area (Å²) in [5.41, 5.74) is 1.25. The first-order chi connectivity index (χ1) is 13.5. The van der Waals surface area contributed by atoms with Gasteiger partial charge in [0.15, 0.2) is 18.1 Å². The van der Waals surface area contributed by atoms with E-state index in [1.807, 2.05) is 0 Å². The van der Waals surface area contributed by atoms with Crippen LogP contribution in [-0.4, -0.2) is 29.9 Å². The molecule has 144 valence electrons. The van der Waals surface area contributed by atoms with Gasteiger partial charge in [0.2, 0.25) is 0 Å². The summed E-state index contributed by atoms with van der Waals surface area (Å²) in [6, 6.07) is 12.1. The molecule has 1 saturated heterocycles. The maximum atomic E-state index is 12.1. The van der Waals surface area contributed by atoms with Crippen molar-refractivity contribution in [1.29, 1.82) is 0 Å². The van der Waals surface area contributed by atoms with E-state index in [1.165, 1.54) is 18.9 Å². The lowest BCUT2D eigenvalue weighted by molar-refractivity contribution is -0.118. The van der Waals surface area contributed by atoms with Crippen LogP contribution in [0.2, 0.25) is 5.02 Å². The van der Waals surface area contributed by atoms with Gasteiger partial charge in [-0.3, -0.25) is 9.59 Å².